The minimum Gasteiger partial charge on any atom is -0.494 e. The summed E-state index contributed by atoms with van der Waals surface area (Å²) < 4.78 is 32.7. The molecule has 4 aromatic rings. The van der Waals surface area contributed by atoms with Crippen LogP contribution in [0.15, 0.2) is 110 Å². The zero-order chi connectivity index (χ0) is 37.7. The summed E-state index contributed by atoms with van der Waals surface area (Å²) in [5.74, 6) is -0.0727. The molecule has 0 aliphatic rings. The summed E-state index contributed by atoms with van der Waals surface area (Å²) in [7, 11) is 0. The first kappa shape index (κ1) is 39.8. The molecule has 11 nitrogen and oxygen atoms in total. The quantitative estimate of drug-likeness (QED) is 0.0365. The third-order valence-electron chi connectivity index (χ3n) is 7.77. The number of ether oxygens (including phenoxy) is 6. The second-order valence-corrected chi connectivity index (χ2v) is 11.8. The third kappa shape index (κ3) is 14.3. The minimum absolute atomic E-state index is 0.203. The minimum atomic E-state index is -0.620. The van der Waals surface area contributed by atoms with Crippen molar-refractivity contribution in [1.82, 2.24) is 0 Å². The number of aliphatic hydroxyl groups excluding tert-OH is 1. The second-order valence-electron chi connectivity index (χ2n) is 11.8. The van der Waals surface area contributed by atoms with Crippen LogP contribution in [0, 0.1) is 0 Å². The second kappa shape index (κ2) is 22.1. The zero-order valence-corrected chi connectivity index (χ0v) is 29.5. The van der Waals surface area contributed by atoms with E-state index in [1.54, 1.807) is 48.5 Å². The summed E-state index contributed by atoms with van der Waals surface area (Å²) in [5.41, 5.74) is 0.939. The molecule has 11 heteroatoms. The number of benzene rings is 4. The fraction of sp³-hybridized carbons (Fsp3) is 0.286. The number of esters is 4. The van der Waals surface area contributed by atoms with Gasteiger partial charge in [0.15, 0.2) is 0 Å². The first-order chi connectivity index (χ1) is 25.8. The number of unbranched alkanes of at least 4 members (excludes halogenated alkanes) is 6. The predicted octanol–water partition coefficient (Wildman–Crippen LogP) is 7.94. The van der Waals surface area contributed by atoms with Crippen LogP contribution < -0.4 is 23.7 Å². The van der Waals surface area contributed by atoms with Crippen LogP contribution in [0.1, 0.15) is 82.4 Å². The van der Waals surface area contributed by atoms with Crippen LogP contribution in [-0.4, -0.2) is 55.4 Å². The third-order valence-corrected chi connectivity index (χ3v) is 7.77. The Hall–Kier alpha value is -5.94. The van der Waals surface area contributed by atoms with E-state index in [2.05, 4.69) is 6.58 Å². The molecule has 0 saturated heterocycles. The van der Waals surface area contributed by atoms with Gasteiger partial charge in [0.25, 0.3) is 0 Å². The molecular formula is C42H44O11. The number of carbonyl (C=O) groups excluding carboxylic acids is 4. The van der Waals surface area contributed by atoms with Crippen molar-refractivity contribution in [1.29, 1.82) is 0 Å². The molecule has 53 heavy (non-hydrogen) atoms. The smallest absolute Gasteiger partial charge is 0.343 e. The molecule has 0 fully saturated rings. The molecule has 0 amide bonds. The average Bonchev–Trinajstić information content (AvgIpc) is 3.18. The Bertz CT molecular complexity index is 1750. The van der Waals surface area contributed by atoms with Crippen molar-refractivity contribution in [2.75, 3.05) is 26.4 Å². The first-order valence-corrected chi connectivity index (χ1v) is 17.6. The Morgan fingerprint density at radius 3 is 1.13 bits per heavy atom. The Labute approximate surface area is 309 Å². The summed E-state index contributed by atoms with van der Waals surface area (Å²) in [6.45, 7) is 5.02. The number of aliphatic hydroxyl groups is 1. The van der Waals surface area contributed by atoms with Gasteiger partial charge in [-0.25, -0.2) is 19.2 Å². The van der Waals surface area contributed by atoms with Crippen LogP contribution in [0.5, 0.6) is 28.7 Å². The molecular weight excluding hydrogens is 680 g/mol. The molecule has 1 N–H and O–H groups in total. The largest absolute Gasteiger partial charge is 0.494 e. The van der Waals surface area contributed by atoms with E-state index in [0.29, 0.717) is 42.4 Å². The molecule has 0 atom stereocenters. The highest BCUT2D eigenvalue weighted by atomic mass is 16.5. The maximum Gasteiger partial charge on any atom is 0.343 e. The summed E-state index contributed by atoms with van der Waals surface area (Å²) in [6.07, 6.45) is 8.24. The topological polar surface area (TPSA) is 144 Å². The van der Waals surface area contributed by atoms with Gasteiger partial charge in [-0.2, -0.15) is 0 Å². The van der Waals surface area contributed by atoms with Gasteiger partial charge in [-0.15, -0.1) is 0 Å². The van der Waals surface area contributed by atoms with E-state index in [1.807, 2.05) is 0 Å². The van der Waals surface area contributed by atoms with E-state index in [-0.39, 0.29) is 29.4 Å². The molecule has 0 spiro atoms. The Morgan fingerprint density at radius 2 is 0.774 bits per heavy atom. The van der Waals surface area contributed by atoms with Gasteiger partial charge in [-0.1, -0.05) is 13.0 Å². The van der Waals surface area contributed by atoms with Crippen LogP contribution in [-0.2, 0) is 9.53 Å². The standard InChI is InChI=1S/C42H44O11/c1-2-39(44)50-30-10-6-5-9-29-49-35-19-13-32(14-20-35)41(46)52-37-23-25-38(26-24-37)53-42(47)33-15-21-36(22-16-33)51-40(45)31-11-17-34(18-12-31)48-28-8-4-3-7-27-43/h2,11-26,43H,1,3-10,27-30H2. The van der Waals surface area contributed by atoms with Crippen LogP contribution >= 0.6 is 0 Å². The Morgan fingerprint density at radius 1 is 0.453 bits per heavy atom. The first-order valence-electron chi connectivity index (χ1n) is 17.6. The van der Waals surface area contributed by atoms with Gasteiger partial charge in [-0.3, -0.25) is 0 Å². The van der Waals surface area contributed by atoms with Crippen LogP contribution in [0.25, 0.3) is 0 Å². The number of carbonyl (C=O) groups is 4. The van der Waals surface area contributed by atoms with Crippen molar-refractivity contribution in [2.45, 2.75) is 51.4 Å². The van der Waals surface area contributed by atoms with E-state index >= 15 is 0 Å². The summed E-state index contributed by atoms with van der Waals surface area (Å²) in [5, 5.41) is 8.83. The summed E-state index contributed by atoms with van der Waals surface area (Å²) in [6, 6.07) is 25.3. The van der Waals surface area contributed by atoms with Gasteiger partial charge in [0, 0.05) is 12.7 Å². The molecule has 4 rings (SSSR count). The van der Waals surface area contributed by atoms with Crippen molar-refractivity contribution in [2.24, 2.45) is 0 Å². The van der Waals surface area contributed by atoms with Crippen molar-refractivity contribution in [3.63, 3.8) is 0 Å². The molecule has 0 aromatic heterocycles. The monoisotopic (exact) mass is 724 g/mol. The van der Waals surface area contributed by atoms with Crippen LogP contribution in [0.4, 0.5) is 0 Å². The van der Waals surface area contributed by atoms with Crippen molar-refractivity contribution in [3.8, 4) is 28.7 Å². The van der Waals surface area contributed by atoms with Gasteiger partial charge in [0.05, 0.1) is 36.5 Å². The lowest BCUT2D eigenvalue weighted by Crippen LogP contribution is -2.10. The zero-order valence-electron chi connectivity index (χ0n) is 29.5. The molecule has 0 radical (unpaired) electrons. The number of hydrogen-bond acceptors (Lipinski definition) is 11. The predicted molar refractivity (Wildman–Crippen MR) is 197 cm³/mol. The number of rotatable bonds is 22. The van der Waals surface area contributed by atoms with Crippen molar-refractivity contribution < 1.29 is 52.7 Å². The fourth-order valence-corrected chi connectivity index (χ4v) is 4.84. The Balaban J connectivity index is 1.15. The normalized spacial score (nSPS) is 10.5. The van der Waals surface area contributed by atoms with E-state index in [1.165, 1.54) is 48.5 Å². The summed E-state index contributed by atoms with van der Waals surface area (Å²) in [4.78, 5) is 49.0. The maximum absolute atomic E-state index is 12.7. The van der Waals surface area contributed by atoms with Gasteiger partial charge in [0.1, 0.15) is 28.7 Å². The van der Waals surface area contributed by atoms with E-state index in [4.69, 9.17) is 33.5 Å². The number of hydrogen-bond donors (Lipinski definition) is 1. The molecule has 4 aromatic carbocycles. The molecule has 0 saturated carbocycles. The Kier molecular flexibility index (Phi) is 16.6. The molecule has 0 aliphatic heterocycles. The van der Waals surface area contributed by atoms with E-state index in [0.717, 1.165) is 57.4 Å². The van der Waals surface area contributed by atoms with Crippen molar-refractivity contribution in [3.05, 3.63) is 126 Å². The summed E-state index contributed by atoms with van der Waals surface area (Å²) >= 11 is 0. The fourth-order valence-electron chi connectivity index (χ4n) is 4.84. The van der Waals surface area contributed by atoms with E-state index in [9.17, 15) is 19.2 Å². The van der Waals surface area contributed by atoms with Crippen LogP contribution in [0.3, 0.4) is 0 Å². The lowest BCUT2D eigenvalue weighted by atomic mass is 10.2. The van der Waals surface area contributed by atoms with Gasteiger partial charge in [-0.05, 0) is 142 Å². The molecule has 0 bridgehead atoms. The van der Waals surface area contributed by atoms with Crippen molar-refractivity contribution >= 4 is 23.9 Å². The van der Waals surface area contributed by atoms with Gasteiger partial charge < -0.3 is 33.5 Å². The van der Waals surface area contributed by atoms with Gasteiger partial charge in [0.2, 0.25) is 0 Å². The van der Waals surface area contributed by atoms with E-state index < -0.39 is 23.9 Å². The SMILES string of the molecule is C=CC(=O)OCCCCCCOc1ccc(C(=O)Oc2ccc(OC(=O)c3ccc(OC(=O)c4ccc(OCCCCCCO)cc4)cc3)cc2)cc1. The maximum atomic E-state index is 12.7. The lowest BCUT2D eigenvalue weighted by Gasteiger charge is -2.09. The molecule has 0 aliphatic carbocycles. The van der Waals surface area contributed by atoms with Gasteiger partial charge >= 0.3 is 23.9 Å². The average molecular weight is 725 g/mol. The highest BCUT2D eigenvalue weighted by Crippen LogP contribution is 2.22. The highest BCUT2D eigenvalue weighted by molar-refractivity contribution is 5.93. The molecule has 278 valence electrons. The molecule has 0 unspecified atom stereocenters. The highest BCUT2D eigenvalue weighted by Gasteiger charge is 2.14. The lowest BCUT2D eigenvalue weighted by molar-refractivity contribution is -0.137. The van der Waals surface area contributed by atoms with Crippen LogP contribution in [0.2, 0.25) is 0 Å². The molecule has 0 heterocycles.